The highest BCUT2D eigenvalue weighted by Crippen LogP contribution is 2.39. The Hall–Kier alpha value is -1.52. The molecule has 1 aliphatic rings. The van der Waals surface area contributed by atoms with Crippen LogP contribution in [0.2, 0.25) is 5.02 Å². The first kappa shape index (κ1) is 13.5. The number of fused-ring (bicyclic) bond motifs is 1. The molecule has 1 fully saturated rings. The van der Waals surface area contributed by atoms with Crippen LogP contribution in [0.3, 0.4) is 0 Å². The summed E-state index contributed by atoms with van der Waals surface area (Å²) in [6, 6.07) is 8.46. The fourth-order valence-electron chi connectivity index (χ4n) is 2.27. The second-order valence-electron chi connectivity index (χ2n) is 4.64. The molecule has 5 heteroatoms. The summed E-state index contributed by atoms with van der Waals surface area (Å²) in [6.07, 6.45) is 1.78. The van der Waals surface area contributed by atoms with Crippen LogP contribution in [0.5, 0.6) is 11.6 Å². The second-order valence-corrected chi connectivity index (χ2v) is 5.01. The maximum atomic E-state index is 6.45. The van der Waals surface area contributed by atoms with E-state index in [1.807, 2.05) is 6.07 Å². The number of benzene rings is 1. The molecule has 0 N–H and O–H groups in total. The first-order chi connectivity index (χ1) is 9.79. The SMILES string of the molecule is COc1nc2cc[c]cc2c(Cl)c1OC1CCOCC1. The molecule has 1 radical (unpaired) electrons. The predicted octanol–water partition coefficient (Wildman–Crippen LogP) is 3.25. The summed E-state index contributed by atoms with van der Waals surface area (Å²) in [7, 11) is 1.57. The first-order valence-electron chi connectivity index (χ1n) is 6.57. The lowest BCUT2D eigenvalue weighted by Gasteiger charge is -2.24. The third kappa shape index (κ3) is 2.53. The van der Waals surface area contributed by atoms with Gasteiger partial charge in [-0.1, -0.05) is 17.7 Å². The summed E-state index contributed by atoms with van der Waals surface area (Å²) in [4.78, 5) is 4.44. The molecule has 20 heavy (non-hydrogen) atoms. The molecule has 1 aromatic heterocycles. The zero-order valence-corrected chi connectivity index (χ0v) is 11.9. The highest BCUT2D eigenvalue weighted by molar-refractivity contribution is 6.37. The van der Waals surface area contributed by atoms with Crippen LogP contribution in [0.15, 0.2) is 18.2 Å². The molecule has 4 nitrogen and oxygen atoms in total. The Bertz CT molecular complexity index is 611. The van der Waals surface area contributed by atoms with Crippen LogP contribution in [-0.4, -0.2) is 31.4 Å². The Labute approximate surface area is 122 Å². The predicted molar refractivity (Wildman–Crippen MR) is 76.6 cm³/mol. The van der Waals surface area contributed by atoms with E-state index in [1.165, 1.54) is 0 Å². The van der Waals surface area contributed by atoms with Crippen molar-refractivity contribution in [2.24, 2.45) is 0 Å². The van der Waals surface area contributed by atoms with Gasteiger partial charge in [-0.3, -0.25) is 0 Å². The summed E-state index contributed by atoms with van der Waals surface area (Å²) in [5, 5.41) is 1.34. The van der Waals surface area contributed by atoms with E-state index in [1.54, 1.807) is 19.2 Å². The number of ether oxygens (including phenoxy) is 3. The largest absolute Gasteiger partial charge is 0.483 e. The van der Waals surface area contributed by atoms with Crippen molar-refractivity contribution < 1.29 is 14.2 Å². The number of rotatable bonds is 3. The minimum absolute atomic E-state index is 0.0853. The van der Waals surface area contributed by atoms with E-state index in [4.69, 9.17) is 25.8 Å². The van der Waals surface area contributed by atoms with Crippen LogP contribution in [0.4, 0.5) is 0 Å². The van der Waals surface area contributed by atoms with Crippen molar-refractivity contribution in [3.63, 3.8) is 0 Å². The zero-order valence-electron chi connectivity index (χ0n) is 11.2. The number of pyridine rings is 1. The Balaban J connectivity index is 2.01. The number of halogens is 1. The standard InChI is InChI=1S/C15H15ClNO3/c1-18-15-14(20-10-6-8-19-9-7-10)13(16)11-4-2-3-5-12(11)17-15/h3-5,10H,6-9H2,1H3. The summed E-state index contributed by atoms with van der Waals surface area (Å²) in [5.74, 6) is 0.924. The fourth-order valence-corrected chi connectivity index (χ4v) is 2.55. The lowest BCUT2D eigenvalue weighted by atomic mass is 10.1. The smallest absolute Gasteiger partial charge is 0.258 e. The van der Waals surface area contributed by atoms with Crippen molar-refractivity contribution in [2.45, 2.75) is 18.9 Å². The normalized spacial score (nSPS) is 16.3. The number of hydrogen-bond donors (Lipinski definition) is 0. The van der Waals surface area contributed by atoms with Gasteiger partial charge in [0.2, 0.25) is 5.75 Å². The molecule has 105 valence electrons. The van der Waals surface area contributed by atoms with E-state index in [-0.39, 0.29) is 6.10 Å². The first-order valence-corrected chi connectivity index (χ1v) is 6.95. The summed E-state index contributed by atoms with van der Waals surface area (Å²) >= 11 is 6.45. The van der Waals surface area contributed by atoms with Crippen molar-refractivity contribution in [2.75, 3.05) is 20.3 Å². The van der Waals surface area contributed by atoms with Gasteiger partial charge in [-0.25, -0.2) is 4.98 Å². The lowest BCUT2D eigenvalue weighted by Crippen LogP contribution is -2.26. The molecule has 3 rings (SSSR count). The average Bonchev–Trinajstić information content (AvgIpc) is 2.51. The summed E-state index contributed by atoms with van der Waals surface area (Å²) in [5.41, 5.74) is 0.768. The third-order valence-electron chi connectivity index (χ3n) is 3.34. The van der Waals surface area contributed by atoms with E-state index < -0.39 is 0 Å². The summed E-state index contributed by atoms with van der Waals surface area (Å²) in [6.45, 7) is 1.42. The van der Waals surface area contributed by atoms with E-state index in [0.29, 0.717) is 29.9 Å². The molecule has 2 aromatic rings. The maximum Gasteiger partial charge on any atom is 0.258 e. The van der Waals surface area contributed by atoms with Crippen LogP contribution in [0.1, 0.15) is 12.8 Å². The molecule has 0 bridgehead atoms. The molecule has 0 atom stereocenters. The molecular weight excluding hydrogens is 278 g/mol. The quantitative estimate of drug-likeness (QED) is 0.871. The Morgan fingerprint density at radius 1 is 1.40 bits per heavy atom. The second kappa shape index (κ2) is 5.85. The van der Waals surface area contributed by atoms with Crippen molar-refractivity contribution in [1.29, 1.82) is 0 Å². The van der Waals surface area contributed by atoms with Crippen LogP contribution in [0, 0.1) is 6.07 Å². The number of aromatic nitrogens is 1. The van der Waals surface area contributed by atoms with Crippen LogP contribution in [0.25, 0.3) is 10.9 Å². The molecule has 1 aliphatic heterocycles. The number of methoxy groups -OCH3 is 1. The number of hydrogen-bond acceptors (Lipinski definition) is 4. The van der Waals surface area contributed by atoms with Crippen molar-refractivity contribution in [3.05, 3.63) is 29.3 Å². The summed E-state index contributed by atoms with van der Waals surface area (Å²) < 4.78 is 16.6. The number of nitrogens with zero attached hydrogens (tertiary/aromatic N) is 1. The minimum Gasteiger partial charge on any atom is -0.483 e. The average molecular weight is 293 g/mol. The molecular formula is C15H15ClNO3. The molecule has 0 unspecified atom stereocenters. The zero-order chi connectivity index (χ0) is 13.9. The van der Waals surface area contributed by atoms with Crippen molar-refractivity contribution >= 4 is 22.5 Å². The Kier molecular flexibility index (Phi) is 3.94. The van der Waals surface area contributed by atoms with Crippen LogP contribution in [-0.2, 0) is 4.74 Å². The van der Waals surface area contributed by atoms with E-state index in [0.717, 1.165) is 23.7 Å². The van der Waals surface area contributed by atoms with Gasteiger partial charge in [-0.05, 0) is 18.2 Å². The molecule has 0 aliphatic carbocycles. The molecule has 2 heterocycles. The fraction of sp³-hybridized carbons (Fsp3) is 0.400. The molecule has 1 saturated heterocycles. The topological polar surface area (TPSA) is 40.6 Å². The highest BCUT2D eigenvalue weighted by atomic mass is 35.5. The minimum atomic E-state index is 0.0853. The third-order valence-corrected chi connectivity index (χ3v) is 3.71. The van der Waals surface area contributed by atoms with Gasteiger partial charge in [-0.2, -0.15) is 0 Å². The van der Waals surface area contributed by atoms with Gasteiger partial charge in [0.15, 0.2) is 0 Å². The van der Waals surface area contributed by atoms with Crippen molar-refractivity contribution in [3.8, 4) is 11.6 Å². The molecule has 0 saturated carbocycles. The molecule has 0 spiro atoms. The highest BCUT2D eigenvalue weighted by Gasteiger charge is 2.21. The van der Waals surface area contributed by atoms with Gasteiger partial charge in [0.05, 0.1) is 30.9 Å². The van der Waals surface area contributed by atoms with E-state index in [9.17, 15) is 0 Å². The monoisotopic (exact) mass is 292 g/mol. The van der Waals surface area contributed by atoms with E-state index in [2.05, 4.69) is 11.1 Å². The van der Waals surface area contributed by atoms with Gasteiger partial charge in [-0.15, -0.1) is 0 Å². The van der Waals surface area contributed by atoms with Gasteiger partial charge in [0.1, 0.15) is 6.10 Å². The Morgan fingerprint density at radius 3 is 2.95 bits per heavy atom. The van der Waals surface area contributed by atoms with Gasteiger partial charge >= 0.3 is 0 Å². The Morgan fingerprint density at radius 2 is 2.20 bits per heavy atom. The van der Waals surface area contributed by atoms with Crippen LogP contribution >= 0.6 is 11.6 Å². The molecule has 1 aromatic carbocycles. The van der Waals surface area contributed by atoms with Crippen LogP contribution < -0.4 is 9.47 Å². The maximum absolute atomic E-state index is 6.45. The van der Waals surface area contributed by atoms with E-state index >= 15 is 0 Å². The van der Waals surface area contributed by atoms with Gasteiger partial charge in [0.25, 0.3) is 5.88 Å². The van der Waals surface area contributed by atoms with Gasteiger partial charge in [0, 0.05) is 18.2 Å². The molecule has 0 amide bonds. The van der Waals surface area contributed by atoms with Crippen molar-refractivity contribution in [1.82, 2.24) is 4.98 Å². The lowest BCUT2D eigenvalue weighted by molar-refractivity contribution is 0.0244. The van der Waals surface area contributed by atoms with Gasteiger partial charge < -0.3 is 14.2 Å².